The molecular formula is C8H7BF3KO2. The van der Waals surface area contributed by atoms with Crippen LogP contribution < -0.4 is 61.6 Å². The number of benzene rings is 1. The fourth-order valence-corrected chi connectivity index (χ4v) is 1.15. The Kier molecular flexibility index (Phi) is 6.12. The van der Waals surface area contributed by atoms with Crippen LogP contribution in [-0.4, -0.2) is 20.4 Å². The zero-order valence-electron chi connectivity index (χ0n) is 8.34. The Labute approximate surface area is 128 Å². The fourth-order valence-electron chi connectivity index (χ4n) is 1.15. The van der Waals surface area contributed by atoms with E-state index in [0.717, 1.165) is 6.07 Å². The van der Waals surface area contributed by atoms with Gasteiger partial charge in [-0.05, 0) is 6.07 Å². The molecule has 2 nitrogen and oxygen atoms in total. The Hall–Kier alpha value is 0.181. The predicted octanol–water partition coefficient (Wildman–Crippen LogP) is -1.43. The van der Waals surface area contributed by atoms with Gasteiger partial charge in [-0.15, -0.1) is 0 Å². The van der Waals surface area contributed by atoms with E-state index in [1.807, 2.05) is 0 Å². The number of hydrogen-bond acceptors (Lipinski definition) is 2. The average molecular weight is 242 g/mol. The average Bonchev–Trinajstić information content (AvgIpc) is 2.15. The molecule has 0 spiro atoms. The van der Waals surface area contributed by atoms with Gasteiger partial charge in [-0.3, -0.25) is 4.79 Å². The minimum absolute atomic E-state index is 0. The third-order valence-corrected chi connectivity index (χ3v) is 1.79. The topological polar surface area (TPSA) is 26.3 Å². The van der Waals surface area contributed by atoms with Crippen LogP contribution in [0, 0.1) is 0 Å². The van der Waals surface area contributed by atoms with E-state index in [1.165, 1.54) is 19.2 Å². The van der Waals surface area contributed by atoms with E-state index in [2.05, 4.69) is 4.74 Å². The number of rotatable bonds is 3. The van der Waals surface area contributed by atoms with Crippen molar-refractivity contribution in [1.29, 1.82) is 0 Å². The van der Waals surface area contributed by atoms with Gasteiger partial charge in [0.2, 0.25) is 0 Å². The van der Waals surface area contributed by atoms with Crippen LogP contribution in [0.2, 0.25) is 0 Å². The molecule has 0 heterocycles. The summed E-state index contributed by atoms with van der Waals surface area (Å²) in [6.07, 6.45) is 0.156. The van der Waals surface area contributed by atoms with Gasteiger partial charge in [0, 0.05) is 5.56 Å². The first-order chi connectivity index (χ1) is 6.50. The van der Waals surface area contributed by atoms with Crippen molar-refractivity contribution in [3.63, 3.8) is 0 Å². The smallest absolute Gasteiger partial charge is 0.496 e. The van der Waals surface area contributed by atoms with E-state index >= 15 is 0 Å². The molecule has 0 fully saturated rings. The Morgan fingerprint density at radius 3 is 2.33 bits per heavy atom. The zero-order valence-corrected chi connectivity index (χ0v) is 11.5. The summed E-state index contributed by atoms with van der Waals surface area (Å²) in [5, 5.41) is 0. The van der Waals surface area contributed by atoms with E-state index in [4.69, 9.17) is 0 Å². The minimum Gasteiger partial charge on any atom is -0.496 e. The molecule has 0 saturated heterocycles. The molecule has 1 aromatic rings. The SMILES string of the molecule is COc1cccc([B-](F)(F)F)c1C=O.[K+]. The molecule has 0 aliphatic rings. The second-order valence-electron chi connectivity index (χ2n) is 2.66. The van der Waals surface area contributed by atoms with Crippen LogP contribution >= 0.6 is 0 Å². The first-order valence-corrected chi connectivity index (χ1v) is 3.82. The predicted molar refractivity (Wildman–Crippen MR) is 47.1 cm³/mol. The zero-order chi connectivity index (χ0) is 10.8. The van der Waals surface area contributed by atoms with Gasteiger partial charge < -0.3 is 17.7 Å². The van der Waals surface area contributed by atoms with Crippen LogP contribution in [0.25, 0.3) is 0 Å². The monoisotopic (exact) mass is 242 g/mol. The summed E-state index contributed by atoms with van der Waals surface area (Å²) in [5.41, 5.74) is -1.36. The number of carbonyl (C=O) groups is 1. The van der Waals surface area contributed by atoms with Crippen molar-refractivity contribution in [3.05, 3.63) is 23.8 Å². The van der Waals surface area contributed by atoms with Crippen molar-refractivity contribution >= 4 is 18.7 Å². The Morgan fingerprint density at radius 2 is 1.93 bits per heavy atom. The molecule has 76 valence electrons. The van der Waals surface area contributed by atoms with Crippen LogP contribution in [-0.2, 0) is 0 Å². The van der Waals surface area contributed by atoms with Gasteiger partial charge in [-0.25, -0.2) is 0 Å². The van der Waals surface area contributed by atoms with Gasteiger partial charge in [-0.2, -0.15) is 0 Å². The third-order valence-electron chi connectivity index (χ3n) is 1.79. The summed E-state index contributed by atoms with van der Waals surface area (Å²) in [7, 11) is 1.22. The molecule has 0 saturated carbocycles. The van der Waals surface area contributed by atoms with Gasteiger partial charge in [0.25, 0.3) is 0 Å². The standard InChI is InChI=1S/C8H7BF3O2.K/c1-14-8-4-2-3-7(6(8)5-13)9(10,11)12;/h2-5H,1H3;/q-1;+1. The molecule has 0 aromatic heterocycles. The molecule has 0 aliphatic heterocycles. The van der Waals surface area contributed by atoms with E-state index in [1.54, 1.807) is 0 Å². The molecule has 0 atom stereocenters. The number of aldehydes is 1. The van der Waals surface area contributed by atoms with Gasteiger partial charge in [0.15, 0.2) is 6.29 Å². The molecule has 0 bridgehead atoms. The maximum atomic E-state index is 12.4. The molecule has 0 radical (unpaired) electrons. The van der Waals surface area contributed by atoms with E-state index in [0.29, 0.717) is 0 Å². The maximum Gasteiger partial charge on any atom is 1.00 e. The van der Waals surface area contributed by atoms with Crippen molar-refractivity contribution < 1.29 is 73.9 Å². The van der Waals surface area contributed by atoms with Crippen LogP contribution in [0.15, 0.2) is 18.2 Å². The number of hydrogen-bond donors (Lipinski definition) is 0. The summed E-state index contributed by atoms with van der Waals surface area (Å²) >= 11 is 0. The van der Waals surface area contributed by atoms with Crippen LogP contribution in [0.1, 0.15) is 10.4 Å². The fraction of sp³-hybridized carbons (Fsp3) is 0.125. The number of methoxy groups -OCH3 is 1. The molecule has 0 N–H and O–H groups in total. The van der Waals surface area contributed by atoms with E-state index < -0.39 is 18.0 Å². The molecule has 7 heteroatoms. The first kappa shape index (κ1) is 15.2. The molecule has 1 rings (SSSR count). The van der Waals surface area contributed by atoms with Crippen LogP contribution in [0.3, 0.4) is 0 Å². The molecular weight excluding hydrogens is 235 g/mol. The summed E-state index contributed by atoms with van der Waals surface area (Å²) < 4.78 is 41.9. The quantitative estimate of drug-likeness (QED) is 0.479. The Morgan fingerprint density at radius 1 is 1.33 bits per heavy atom. The van der Waals surface area contributed by atoms with Crippen molar-refractivity contribution in [2.75, 3.05) is 7.11 Å². The van der Waals surface area contributed by atoms with Gasteiger partial charge in [0.05, 0.1) is 7.11 Å². The molecule has 0 unspecified atom stereocenters. The summed E-state index contributed by atoms with van der Waals surface area (Å²) in [5.74, 6) is -0.0586. The molecule has 15 heavy (non-hydrogen) atoms. The van der Waals surface area contributed by atoms with Crippen molar-refractivity contribution in [1.82, 2.24) is 0 Å². The number of carbonyl (C=O) groups excluding carboxylic acids is 1. The Balaban J connectivity index is 0.00000196. The molecule has 0 amide bonds. The minimum atomic E-state index is -5.18. The first-order valence-electron chi connectivity index (χ1n) is 3.82. The Bertz CT molecular complexity index is 354. The van der Waals surface area contributed by atoms with Crippen molar-refractivity contribution in [2.45, 2.75) is 0 Å². The van der Waals surface area contributed by atoms with Gasteiger partial charge >= 0.3 is 58.4 Å². The van der Waals surface area contributed by atoms with Gasteiger partial charge in [0.1, 0.15) is 5.75 Å². The van der Waals surface area contributed by atoms with Crippen LogP contribution in [0.4, 0.5) is 12.9 Å². The second kappa shape index (κ2) is 6.05. The molecule has 1 aromatic carbocycles. The third kappa shape index (κ3) is 3.60. The van der Waals surface area contributed by atoms with Crippen molar-refractivity contribution in [3.8, 4) is 5.75 Å². The largest absolute Gasteiger partial charge is 1.00 e. The second-order valence-corrected chi connectivity index (χ2v) is 2.66. The normalized spacial score (nSPS) is 10.4. The summed E-state index contributed by atoms with van der Waals surface area (Å²) in [6, 6.07) is 3.39. The summed E-state index contributed by atoms with van der Waals surface area (Å²) in [4.78, 5) is 10.5. The number of halogens is 3. The van der Waals surface area contributed by atoms with E-state index in [-0.39, 0.29) is 63.4 Å². The van der Waals surface area contributed by atoms with Gasteiger partial charge in [-0.1, -0.05) is 17.6 Å². The summed E-state index contributed by atoms with van der Waals surface area (Å²) in [6.45, 7) is -5.18. The number of ether oxygens (including phenoxy) is 1. The van der Waals surface area contributed by atoms with Crippen molar-refractivity contribution in [2.24, 2.45) is 0 Å². The molecule has 0 aliphatic carbocycles. The maximum absolute atomic E-state index is 12.4. The van der Waals surface area contributed by atoms with E-state index in [9.17, 15) is 17.7 Å². The van der Waals surface area contributed by atoms with Crippen LogP contribution in [0.5, 0.6) is 5.75 Å².